The summed E-state index contributed by atoms with van der Waals surface area (Å²) in [6.45, 7) is 2.08. The van der Waals surface area contributed by atoms with E-state index in [1.165, 1.54) is 10.8 Å². The molecule has 0 aliphatic heterocycles. The maximum atomic E-state index is 12.9. The Morgan fingerprint density at radius 1 is 1.33 bits per heavy atom. The molecule has 120 valence electrons. The van der Waals surface area contributed by atoms with Crippen molar-refractivity contribution in [3.05, 3.63) is 62.9 Å². The number of nitriles is 1. The van der Waals surface area contributed by atoms with Crippen LogP contribution in [0.4, 0.5) is 0 Å². The lowest BCUT2D eigenvalue weighted by Gasteiger charge is -2.12. The third-order valence-electron chi connectivity index (χ3n) is 3.76. The van der Waals surface area contributed by atoms with E-state index in [9.17, 15) is 10.1 Å². The van der Waals surface area contributed by atoms with Crippen LogP contribution in [0.2, 0.25) is 5.15 Å². The molecule has 0 aliphatic rings. The highest BCUT2D eigenvalue weighted by molar-refractivity contribution is 6.31. The van der Waals surface area contributed by atoms with Gasteiger partial charge in [-0.15, -0.1) is 0 Å². The van der Waals surface area contributed by atoms with Gasteiger partial charge in [0.25, 0.3) is 5.56 Å². The molecule has 2 heterocycles. The van der Waals surface area contributed by atoms with Gasteiger partial charge in [0.2, 0.25) is 0 Å². The monoisotopic (exact) mass is 340 g/mol. The Hall–Kier alpha value is -2.91. The lowest BCUT2D eigenvalue weighted by atomic mass is 10.1. The number of fused-ring (bicyclic) bond motifs is 1. The largest absolute Gasteiger partial charge is 0.497 e. The molecule has 0 unspecified atom stereocenters. The number of aryl methyl sites for hydroxylation is 1. The first-order valence-electron chi connectivity index (χ1n) is 7.14. The van der Waals surface area contributed by atoms with Crippen molar-refractivity contribution in [1.29, 1.82) is 5.26 Å². The summed E-state index contributed by atoms with van der Waals surface area (Å²) in [6.07, 6.45) is 1.41. The molecular formula is C17H13ClN4O2. The number of pyridine rings is 1. The standard InChI is InChI=1S/C17H13ClN4O2/c1-10-21-14-8-20-16(18)13(7-19)15(14)17(23)22(10)9-11-3-5-12(24-2)6-4-11/h3-6,8H,9H2,1-2H3. The van der Waals surface area contributed by atoms with Crippen molar-refractivity contribution >= 4 is 22.5 Å². The van der Waals surface area contributed by atoms with Crippen molar-refractivity contribution < 1.29 is 4.74 Å². The van der Waals surface area contributed by atoms with Crippen molar-refractivity contribution in [2.45, 2.75) is 13.5 Å². The van der Waals surface area contributed by atoms with Crippen LogP contribution in [0.15, 0.2) is 35.3 Å². The molecule has 0 amide bonds. The van der Waals surface area contributed by atoms with Gasteiger partial charge >= 0.3 is 0 Å². The lowest BCUT2D eigenvalue weighted by molar-refractivity contribution is 0.414. The maximum Gasteiger partial charge on any atom is 0.263 e. The summed E-state index contributed by atoms with van der Waals surface area (Å²) in [7, 11) is 1.60. The summed E-state index contributed by atoms with van der Waals surface area (Å²) in [5.74, 6) is 1.28. The van der Waals surface area contributed by atoms with Crippen LogP contribution in [0.3, 0.4) is 0 Å². The van der Waals surface area contributed by atoms with Gasteiger partial charge in [0.05, 0.1) is 30.8 Å². The van der Waals surface area contributed by atoms with Crippen LogP contribution >= 0.6 is 11.6 Å². The van der Waals surface area contributed by atoms with E-state index in [0.29, 0.717) is 17.9 Å². The predicted octanol–water partition coefficient (Wildman–Crippen LogP) is 2.68. The summed E-state index contributed by atoms with van der Waals surface area (Å²) in [5.41, 5.74) is 1.02. The lowest BCUT2D eigenvalue weighted by Crippen LogP contribution is -2.25. The smallest absolute Gasteiger partial charge is 0.263 e. The van der Waals surface area contributed by atoms with E-state index in [-0.39, 0.29) is 21.7 Å². The molecule has 0 fully saturated rings. The molecule has 0 saturated heterocycles. The fourth-order valence-electron chi connectivity index (χ4n) is 2.50. The summed E-state index contributed by atoms with van der Waals surface area (Å²) >= 11 is 5.94. The van der Waals surface area contributed by atoms with E-state index >= 15 is 0 Å². The maximum absolute atomic E-state index is 12.9. The third-order valence-corrected chi connectivity index (χ3v) is 4.04. The fourth-order valence-corrected chi connectivity index (χ4v) is 2.68. The van der Waals surface area contributed by atoms with E-state index in [2.05, 4.69) is 9.97 Å². The molecule has 0 aliphatic carbocycles. The molecule has 3 rings (SSSR count). The Morgan fingerprint density at radius 3 is 2.67 bits per heavy atom. The third kappa shape index (κ3) is 2.70. The highest BCUT2D eigenvalue weighted by Gasteiger charge is 2.15. The van der Waals surface area contributed by atoms with Gasteiger partial charge < -0.3 is 4.74 Å². The molecule has 0 spiro atoms. The van der Waals surface area contributed by atoms with E-state index in [0.717, 1.165) is 11.3 Å². The molecule has 24 heavy (non-hydrogen) atoms. The first-order valence-corrected chi connectivity index (χ1v) is 7.51. The van der Waals surface area contributed by atoms with Gasteiger partial charge in [0.15, 0.2) is 0 Å². The summed E-state index contributed by atoms with van der Waals surface area (Å²) < 4.78 is 6.64. The number of methoxy groups -OCH3 is 1. The zero-order valence-corrected chi connectivity index (χ0v) is 13.8. The molecular weight excluding hydrogens is 328 g/mol. The van der Waals surface area contributed by atoms with Gasteiger partial charge in [0.1, 0.15) is 28.4 Å². The minimum absolute atomic E-state index is 0.00347. The van der Waals surface area contributed by atoms with Gasteiger partial charge in [-0.3, -0.25) is 9.36 Å². The van der Waals surface area contributed by atoms with Gasteiger partial charge in [-0.05, 0) is 24.6 Å². The Bertz CT molecular complexity index is 1020. The molecule has 0 saturated carbocycles. The molecule has 0 atom stereocenters. The number of halogens is 1. The van der Waals surface area contributed by atoms with E-state index in [1.54, 1.807) is 14.0 Å². The first-order chi connectivity index (χ1) is 11.5. The number of hydrogen-bond donors (Lipinski definition) is 0. The van der Waals surface area contributed by atoms with Crippen molar-refractivity contribution in [2.75, 3.05) is 7.11 Å². The van der Waals surface area contributed by atoms with Crippen LogP contribution in [-0.4, -0.2) is 21.6 Å². The first kappa shape index (κ1) is 16.0. The van der Waals surface area contributed by atoms with Crippen molar-refractivity contribution in [3.8, 4) is 11.8 Å². The molecule has 1 aromatic carbocycles. The van der Waals surface area contributed by atoms with Crippen LogP contribution in [0, 0.1) is 18.3 Å². The molecule has 0 N–H and O–H groups in total. The zero-order valence-electron chi connectivity index (χ0n) is 13.1. The SMILES string of the molecule is COc1ccc(Cn2c(C)nc3cnc(Cl)c(C#N)c3c2=O)cc1. The average molecular weight is 341 g/mol. The molecule has 2 aromatic heterocycles. The minimum Gasteiger partial charge on any atom is -0.497 e. The normalized spacial score (nSPS) is 10.6. The number of nitrogens with zero attached hydrogens (tertiary/aromatic N) is 4. The van der Waals surface area contributed by atoms with Crippen LogP contribution in [0.25, 0.3) is 10.9 Å². The second kappa shape index (κ2) is 6.30. The predicted molar refractivity (Wildman–Crippen MR) is 90.4 cm³/mol. The van der Waals surface area contributed by atoms with Gasteiger partial charge in [-0.1, -0.05) is 23.7 Å². The number of benzene rings is 1. The molecule has 6 nitrogen and oxygen atoms in total. The Balaban J connectivity index is 2.17. The quantitative estimate of drug-likeness (QED) is 0.685. The van der Waals surface area contributed by atoms with Crippen molar-refractivity contribution in [1.82, 2.24) is 14.5 Å². The topological polar surface area (TPSA) is 80.8 Å². The molecule has 0 bridgehead atoms. The van der Waals surface area contributed by atoms with Crippen LogP contribution in [0.5, 0.6) is 5.75 Å². The number of ether oxygens (including phenoxy) is 1. The van der Waals surface area contributed by atoms with Crippen LogP contribution in [0.1, 0.15) is 17.0 Å². The van der Waals surface area contributed by atoms with Gasteiger partial charge in [-0.2, -0.15) is 5.26 Å². The van der Waals surface area contributed by atoms with Crippen LogP contribution < -0.4 is 10.3 Å². The van der Waals surface area contributed by atoms with E-state index in [1.807, 2.05) is 30.3 Å². The zero-order chi connectivity index (χ0) is 17.3. The highest BCUT2D eigenvalue weighted by Crippen LogP contribution is 2.20. The van der Waals surface area contributed by atoms with E-state index in [4.69, 9.17) is 16.3 Å². The second-order valence-corrected chi connectivity index (χ2v) is 5.55. The van der Waals surface area contributed by atoms with Crippen LogP contribution in [-0.2, 0) is 6.54 Å². The minimum atomic E-state index is -0.311. The Kier molecular flexibility index (Phi) is 4.19. The fraction of sp³-hybridized carbons (Fsp3) is 0.176. The summed E-state index contributed by atoms with van der Waals surface area (Å²) in [5, 5.41) is 9.48. The highest BCUT2D eigenvalue weighted by atomic mass is 35.5. The Labute approximate surface area is 142 Å². The molecule has 3 aromatic rings. The van der Waals surface area contributed by atoms with Crippen molar-refractivity contribution in [3.63, 3.8) is 0 Å². The number of aromatic nitrogens is 3. The summed E-state index contributed by atoms with van der Waals surface area (Å²) in [6, 6.07) is 9.34. The van der Waals surface area contributed by atoms with Gasteiger partial charge in [-0.25, -0.2) is 9.97 Å². The number of rotatable bonds is 3. The van der Waals surface area contributed by atoms with Gasteiger partial charge in [0, 0.05) is 0 Å². The van der Waals surface area contributed by atoms with Crippen molar-refractivity contribution in [2.24, 2.45) is 0 Å². The molecule has 0 radical (unpaired) electrons. The second-order valence-electron chi connectivity index (χ2n) is 5.19. The number of hydrogen-bond acceptors (Lipinski definition) is 5. The Morgan fingerprint density at radius 2 is 2.04 bits per heavy atom. The molecule has 7 heteroatoms. The van der Waals surface area contributed by atoms with E-state index < -0.39 is 0 Å². The summed E-state index contributed by atoms with van der Waals surface area (Å²) in [4.78, 5) is 21.2. The average Bonchev–Trinajstić information content (AvgIpc) is 2.59.